The highest BCUT2D eigenvalue weighted by molar-refractivity contribution is 9.10. The zero-order chi connectivity index (χ0) is 25.9. The number of carbonyl (C=O) groups is 3. The predicted octanol–water partition coefficient (Wildman–Crippen LogP) is 6.72. The molecule has 3 rings (SSSR count). The van der Waals surface area contributed by atoms with Gasteiger partial charge in [-0.2, -0.15) is 0 Å². The lowest BCUT2D eigenvalue weighted by atomic mass is 10.0. The molecule has 1 aromatic rings. The van der Waals surface area contributed by atoms with Crippen molar-refractivity contribution in [2.75, 3.05) is 0 Å². The number of carbonyl (C=O) groups excluding carboxylic acids is 3. The van der Waals surface area contributed by atoms with Gasteiger partial charge in [-0.3, -0.25) is 9.59 Å². The molecule has 0 bridgehead atoms. The zero-order valence-corrected chi connectivity index (χ0v) is 22.8. The molecule has 1 aliphatic heterocycles. The molecule has 0 N–H and O–H groups in total. The molecular weight excluding hydrogens is 524 g/mol. The maximum absolute atomic E-state index is 12.9. The minimum atomic E-state index is -0.502. The minimum absolute atomic E-state index is 0.0547. The van der Waals surface area contributed by atoms with Gasteiger partial charge >= 0.3 is 17.9 Å². The Balaban J connectivity index is 1.69. The second-order valence-corrected chi connectivity index (χ2v) is 10.5. The topological polar surface area (TPSA) is 78.9 Å². The van der Waals surface area contributed by atoms with Gasteiger partial charge in [-0.15, -0.1) is 0 Å². The summed E-state index contributed by atoms with van der Waals surface area (Å²) in [6, 6.07) is 7.02. The van der Waals surface area contributed by atoms with Crippen LogP contribution in [0.25, 0.3) is 0 Å². The molecule has 0 aromatic heterocycles. The molecule has 1 saturated heterocycles. The molecule has 0 radical (unpaired) electrons. The summed E-state index contributed by atoms with van der Waals surface area (Å²) in [4.78, 5) is 36.4. The summed E-state index contributed by atoms with van der Waals surface area (Å²) in [5.41, 5.74) is 0.462. The molecule has 6 nitrogen and oxygen atoms in total. The van der Waals surface area contributed by atoms with Crippen molar-refractivity contribution in [2.24, 2.45) is 11.8 Å². The van der Waals surface area contributed by atoms with Crippen molar-refractivity contribution < 1.29 is 28.6 Å². The Labute approximate surface area is 222 Å². The number of allylic oxidation sites excluding steroid dienone is 1. The number of halogens is 1. The highest BCUT2D eigenvalue weighted by Crippen LogP contribution is 2.48. The second-order valence-electron chi connectivity index (χ2n) is 9.60. The fraction of sp³-hybridized carbons (Fsp3) is 0.552. The molecule has 7 heteroatoms. The Bertz CT molecular complexity index is 938. The van der Waals surface area contributed by atoms with Crippen LogP contribution in [0.2, 0.25) is 0 Å². The number of unbranched alkanes of at least 4 members (excludes halogenated alkanes) is 3. The van der Waals surface area contributed by atoms with Gasteiger partial charge < -0.3 is 14.2 Å². The van der Waals surface area contributed by atoms with Crippen LogP contribution < -0.4 is 0 Å². The zero-order valence-electron chi connectivity index (χ0n) is 21.2. The number of benzene rings is 1. The van der Waals surface area contributed by atoms with Gasteiger partial charge in [-0.1, -0.05) is 47.8 Å². The fourth-order valence-corrected chi connectivity index (χ4v) is 4.86. The van der Waals surface area contributed by atoms with Crippen LogP contribution >= 0.6 is 15.9 Å². The van der Waals surface area contributed by atoms with E-state index >= 15 is 0 Å². The van der Waals surface area contributed by atoms with Gasteiger partial charge in [0.1, 0.15) is 18.3 Å². The molecule has 36 heavy (non-hydrogen) atoms. The number of ether oxygens (including phenoxy) is 3. The predicted molar refractivity (Wildman–Crippen MR) is 141 cm³/mol. The SMILES string of the molecule is CCCCC/C=C\C[C@@H](/C=C/[C@H](OC(=O)c1ccc(Br)cc1)[C@H]1C[C@@H]1[C@H]1CCCC(=O)O1)OC(C)=O. The molecule has 5 atom stereocenters. The van der Waals surface area contributed by atoms with E-state index in [9.17, 15) is 14.4 Å². The lowest BCUT2D eigenvalue weighted by Gasteiger charge is -2.24. The van der Waals surface area contributed by atoms with E-state index < -0.39 is 18.2 Å². The number of esters is 3. The van der Waals surface area contributed by atoms with E-state index in [0.29, 0.717) is 18.4 Å². The fourth-order valence-electron chi connectivity index (χ4n) is 4.60. The van der Waals surface area contributed by atoms with Crippen LogP contribution in [0.4, 0.5) is 0 Å². The van der Waals surface area contributed by atoms with Gasteiger partial charge in [0.25, 0.3) is 0 Å². The first kappa shape index (κ1) is 28.2. The largest absolute Gasteiger partial charge is 0.462 e. The van der Waals surface area contributed by atoms with Crippen LogP contribution in [0.5, 0.6) is 0 Å². The van der Waals surface area contributed by atoms with Crippen LogP contribution in [0.3, 0.4) is 0 Å². The molecule has 1 aliphatic carbocycles. The third-order valence-corrected chi connectivity index (χ3v) is 7.14. The molecule has 2 fully saturated rings. The number of cyclic esters (lactones) is 1. The lowest BCUT2D eigenvalue weighted by molar-refractivity contribution is -0.155. The van der Waals surface area contributed by atoms with Gasteiger partial charge in [0, 0.05) is 36.1 Å². The molecule has 196 valence electrons. The summed E-state index contributed by atoms with van der Waals surface area (Å²) in [6.07, 6.45) is 14.8. The van der Waals surface area contributed by atoms with E-state index in [-0.39, 0.29) is 29.9 Å². The maximum Gasteiger partial charge on any atom is 0.338 e. The Morgan fingerprint density at radius 2 is 1.92 bits per heavy atom. The summed E-state index contributed by atoms with van der Waals surface area (Å²) < 4.78 is 17.9. The minimum Gasteiger partial charge on any atom is -0.462 e. The van der Waals surface area contributed by atoms with Crippen molar-refractivity contribution in [1.82, 2.24) is 0 Å². The summed E-state index contributed by atoms with van der Waals surface area (Å²) in [5, 5.41) is 0. The van der Waals surface area contributed by atoms with Crippen LogP contribution in [-0.4, -0.2) is 36.2 Å². The Morgan fingerprint density at radius 3 is 2.61 bits per heavy atom. The first-order valence-electron chi connectivity index (χ1n) is 13.0. The average Bonchev–Trinajstić information content (AvgIpc) is 3.64. The molecule has 1 saturated carbocycles. The molecule has 1 aromatic carbocycles. The third-order valence-electron chi connectivity index (χ3n) is 6.61. The monoisotopic (exact) mass is 560 g/mol. The van der Waals surface area contributed by atoms with E-state index in [0.717, 1.165) is 36.6 Å². The van der Waals surface area contributed by atoms with E-state index in [1.165, 1.54) is 19.8 Å². The van der Waals surface area contributed by atoms with Crippen molar-refractivity contribution in [3.63, 3.8) is 0 Å². The van der Waals surface area contributed by atoms with Crippen LogP contribution in [-0.2, 0) is 23.8 Å². The first-order valence-corrected chi connectivity index (χ1v) is 13.8. The van der Waals surface area contributed by atoms with Crippen LogP contribution in [0.15, 0.2) is 53.0 Å². The molecule has 1 heterocycles. The number of rotatable bonds is 13. The van der Waals surface area contributed by atoms with E-state index in [4.69, 9.17) is 14.2 Å². The smallest absolute Gasteiger partial charge is 0.338 e. The Kier molecular flexibility index (Phi) is 11.2. The summed E-state index contributed by atoms with van der Waals surface area (Å²) in [6.45, 7) is 3.57. The van der Waals surface area contributed by atoms with E-state index in [1.807, 2.05) is 18.2 Å². The summed E-state index contributed by atoms with van der Waals surface area (Å²) in [5.74, 6) is -0.711. The summed E-state index contributed by atoms with van der Waals surface area (Å²) in [7, 11) is 0. The Hall–Kier alpha value is -2.41. The molecule has 0 spiro atoms. The van der Waals surface area contributed by atoms with Gasteiger partial charge in [-0.25, -0.2) is 4.79 Å². The van der Waals surface area contributed by atoms with Crippen molar-refractivity contribution in [3.05, 3.63) is 58.6 Å². The van der Waals surface area contributed by atoms with Crippen LogP contribution in [0.1, 0.15) is 82.0 Å². The van der Waals surface area contributed by atoms with Crippen molar-refractivity contribution in [2.45, 2.75) is 89.9 Å². The number of hydrogen-bond donors (Lipinski definition) is 0. The Morgan fingerprint density at radius 1 is 1.14 bits per heavy atom. The quantitative estimate of drug-likeness (QED) is 0.115. The third kappa shape index (κ3) is 9.23. The van der Waals surface area contributed by atoms with Gasteiger partial charge in [-0.05, 0) is 68.5 Å². The van der Waals surface area contributed by atoms with E-state index in [1.54, 1.807) is 24.3 Å². The van der Waals surface area contributed by atoms with Crippen LogP contribution in [0, 0.1) is 11.8 Å². The first-order chi connectivity index (χ1) is 17.4. The maximum atomic E-state index is 12.9. The summed E-state index contributed by atoms with van der Waals surface area (Å²) >= 11 is 3.38. The number of hydrogen-bond acceptors (Lipinski definition) is 6. The van der Waals surface area contributed by atoms with Gasteiger partial charge in [0.05, 0.1) is 5.56 Å². The molecule has 2 aliphatic rings. The average molecular weight is 562 g/mol. The molecule has 0 amide bonds. The highest BCUT2D eigenvalue weighted by atomic mass is 79.9. The highest BCUT2D eigenvalue weighted by Gasteiger charge is 2.50. The lowest BCUT2D eigenvalue weighted by Crippen LogP contribution is -2.28. The van der Waals surface area contributed by atoms with Crippen molar-refractivity contribution in [1.29, 1.82) is 0 Å². The van der Waals surface area contributed by atoms with Gasteiger partial charge in [0.15, 0.2) is 0 Å². The second kappa shape index (κ2) is 14.4. The molecular formula is C29H37BrO6. The standard InChI is InChI=1S/C29H37BrO6/c1-3-4-5-6-7-8-10-23(34-20(2)31)17-18-27(36-29(33)21-13-15-22(30)16-14-21)25-19-24(25)26-11-9-12-28(32)35-26/h7-8,13-18,23-27H,3-6,9-12,19H2,1-2H3/b8-7-,18-17+/t23-,24-,25-,26+,27-/m0/s1. The van der Waals surface area contributed by atoms with Gasteiger partial charge in [0.2, 0.25) is 0 Å². The van der Waals surface area contributed by atoms with E-state index in [2.05, 4.69) is 28.9 Å². The van der Waals surface area contributed by atoms with Crippen molar-refractivity contribution >= 4 is 33.8 Å². The normalized spacial score (nSPS) is 23.3. The molecule has 0 unspecified atom stereocenters. The van der Waals surface area contributed by atoms with Crippen molar-refractivity contribution in [3.8, 4) is 0 Å².